The minimum Gasteiger partial charge on any atom is -0.872 e. The predicted molar refractivity (Wildman–Crippen MR) is 127 cm³/mol. The summed E-state index contributed by atoms with van der Waals surface area (Å²) < 4.78 is 1.35. The molecule has 176 valence electrons. The summed E-state index contributed by atoms with van der Waals surface area (Å²) in [5.41, 5.74) is 4.84. The van der Waals surface area contributed by atoms with Gasteiger partial charge in [-0.3, -0.25) is 10.1 Å². The molecule has 0 amide bonds. The van der Waals surface area contributed by atoms with Gasteiger partial charge < -0.3 is 10.2 Å². The van der Waals surface area contributed by atoms with Crippen LogP contribution in [0.3, 0.4) is 0 Å². The Bertz CT molecular complexity index is 1450. The van der Waals surface area contributed by atoms with Crippen LogP contribution < -0.4 is 15.6 Å². The smallest absolute Gasteiger partial charge is 0.872 e. The Hall–Kier alpha value is -4.44. The first kappa shape index (κ1) is 26.2. The van der Waals surface area contributed by atoms with Crippen LogP contribution in [0, 0.1) is 10.1 Å². The van der Waals surface area contributed by atoms with Crippen molar-refractivity contribution in [3.05, 3.63) is 94.0 Å². The van der Waals surface area contributed by atoms with Crippen LogP contribution in [0.4, 0.5) is 11.6 Å². The third-order valence-electron chi connectivity index (χ3n) is 5.10. The van der Waals surface area contributed by atoms with Gasteiger partial charge in [0.2, 0.25) is 0 Å². The second-order valence-corrected chi connectivity index (χ2v) is 7.45. The van der Waals surface area contributed by atoms with Gasteiger partial charge in [0.25, 0.3) is 11.6 Å². The summed E-state index contributed by atoms with van der Waals surface area (Å²) in [6.07, 6.45) is 0. The zero-order valence-corrected chi connectivity index (χ0v) is 22.4. The van der Waals surface area contributed by atoms with Gasteiger partial charge in [0, 0.05) is 17.7 Å². The number of rotatable bonds is 7. The molecule has 1 heterocycles. The second-order valence-electron chi connectivity index (χ2n) is 7.45. The number of anilines is 1. The van der Waals surface area contributed by atoms with Crippen molar-refractivity contribution in [1.29, 1.82) is 0 Å². The number of aromatic nitrogens is 3. The van der Waals surface area contributed by atoms with E-state index < -0.39 is 4.92 Å². The first-order valence-electron chi connectivity index (χ1n) is 10.4. The Kier molecular flexibility index (Phi) is 8.23. The average molecular weight is 535 g/mol. The summed E-state index contributed by atoms with van der Waals surface area (Å²) in [7, 11) is 0. The molecule has 3 aromatic carbocycles. The number of hydrogen-bond acceptors (Lipinski definition) is 9. The van der Waals surface area contributed by atoms with E-state index in [1.807, 2.05) is 0 Å². The fraction of sp³-hybridized carbons (Fsp3) is 0.0833. The molecule has 0 unspecified atom stereocenters. The zero-order chi connectivity index (χ0) is 24.9. The molecule has 0 aliphatic rings. The van der Waals surface area contributed by atoms with Gasteiger partial charge in [0.1, 0.15) is 0 Å². The molecule has 4 aromatic rings. The molecule has 0 bridgehead atoms. The Morgan fingerprint density at radius 2 is 1.42 bits per heavy atom. The third-order valence-corrected chi connectivity index (χ3v) is 5.10. The number of hydrogen-bond donors (Lipinski definition) is 1. The fourth-order valence-electron chi connectivity index (χ4n) is 3.29. The van der Waals surface area contributed by atoms with Gasteiger partial charge in [-0.15, -0.1) is 10.2 Å². The summed E-state index contributed by atoms with van der Waals surface area (Å²) in [4.78, 5) is 10.5. The number of nitro benzene ring substituents is 1. The van der Waals surface area contributed by atoms with Gasteiger partial charge in [-0.1, -0.05) is 60.0 Å². The monoisotopic (exact) mass is 533 g/mol. The average Bonchev–Trinajstić information content (AvgIpc) is 3.25. The molecule has 0 spiro atoms. The maximum atomic E-state index is 12.3. The molecule has 0 fully saturated rings. The van der Waals surface area contributed by atoms with Gasteiger partial charge in [0.15, 0.2) is 5.82 Å². The maximum Gasteiger partial charge on any atom is 2.00 e. The van der Waals surface area contributed by atoms with E-state index in [2.05, 4.69) is 25.8 Å². The molecule has 11 nitrogen and oxygen atoms in total. The van der Waals surface area contributed by atoms with E-state index in [0.29, 0.717) is 28.1 Å². The molecule has 1 aromatic heterocycles. The minimum absolute atomic E-state index is 0. The van der Waals surface area contributed by atoms with E-state index in [1.165, 1.54) is 41.1 Å². The summed E-state index contributed by atoms with van der Waals surface area (Å²) in [5, 5.41) is 52.4. The summed E-state index contributed by atoms with van der Waals surface area (Å²) >= 11 is 0. The molecule has 0 aliphatic carbocycles. The van der Waals surface area contributed by atoms with Gasteiger partial charge in [-0.25, -0.2) is 5.43 Å². The molecule has 12 heteroatoms. The number of hydrazone groups is 1. The van der Waals surface area contributed by atoms with Crippen molar-refractivity contribution >= 4 is 23.1 Å². The van der Waals surface area contributed by atoms with Crippen LogP contribution in [0.25, 0.3) is 11.4 Å². The van der Waals surface area contributed by atoms with Gasteiger partial charge in [-0.05, 0) is 37.1 Å². The van der Waals surface area contributed by atoms with Crippen LogP contribution in [-0.2, 0) is 19.5 Å². The second kappa shape index (κ2) is 11.3. The summed E-state index contributed by atoms with van der Waals surface area (Å²) in [6.45, 7) is 3.34. The molecular weight excluding hydrogens is 516 g/mol. The van der Waals surface area contributed by atoms with E-state index in [9.17, 15) is 20.3 Å². The van der Waals surface area contributed by atoms with Crippen molar-refractivity contribution < 1.29 is 34.6 Å². The Morgan fingerprint density at radius 1 is 0.861 bits per heavy atom. The predicted octanol–water partition coefficient (Wildman–Crippen LogP) is 3.11. The Labute approximate surface area is 218 Å². The number of nitrogens with one attached hydrogen (secondary N) is 1. The maximum absolute atomic E-state index is 12.3. The van der Waals surface area contributed by atoms with E-state index in [0.717, 1.165) is 0 Å². The third kappa shape index (κ3) is 5.61. The van der Waals surface area contributed by atoms with E-state index in [4.69, 9.17) is 0 Å². The van der Waals surface area contributed by atoms with Crippen LogP contribution in [0.2, 0.25) is 0 Å². The van der Waals surface area contributed by atoms with E-state index in [-0.39, 0.29) is 48.4 Å². The molecule has 0 saturated heterocycles. The largest absolute Gasteiger partial charge is 2.00 e. The molecule has 0 radical (unpaired) electrons. The molecule has 4 rings (SSSR count). The van der Waals surface area contributed by atoms with Crippen LogP contribution in [0.15, 0.2) is 83.0 Å². The van der Waals surface area contributed by atoms with Gasteiger partial charge in [0.05, 0.1) is 16.3 Å². The number of benzene rings is 3. The number of nitro groups is 1. The molecule has 0 aliphatic heterocycles. The number of non-ortho nitro benzene ring substituents is 1. The molecule has 0 atom stereocenters. The minimum atomic E-state index is -0.500. The number of nitrogens with zero attached hydrogens (tertiary/aromatic N) is 6. The van der Waals surface area contributed by atoms with Gasteiger partial charge in [-0.2, -0.15) is 14.9 Å². The topological polar surface area (TPSA) is 157 Å². The fourth-order valence-corrected chi connectivity index (χ4v) is 3.29. The summed E-state index contributed by atoms with van der Waals surface area (Å²) in [5.74, 6) is 0.00432. The first-order chi connectivity index (χ1) is 16.8. The van der Waals surface area contributed by atoms with Crippen molar-refractivity contribution in [2.75, 3.05) is 5.43 Å². The van der Waals surface area contributed by atoms with Crippen LogP contribution in [0.1, 0.15) is 25.0 Å². The number of para-hydroxylation sites is 2. The van der Waals surface area contributed by atoms with Crippen LogP contribution in [0.5, 0.6) is 11.5 Å². The Balaban J connectivity index is 0.00000361. The van der Waals surface area contributed by atoms with E-state index >= 15 is 0 Å². The standard InChI is InChI=1S/C24H21N7O4.Zn/c1-15(19-7-3-5-9-21(19)32)25-27-24-28-26-23(17-11-13-18(14-12-17)31(34)35)30(24)29-16(2)20-8-4-6-10-22(20)33;/h3-14,32-33H,1-2H3,(H,27,28);/q;+2/p-2/b25-15+,29-16+;. The molecule has 0 saturated carbocycles. The zero-order valence-electron chi connectivity index (χ0n) is 19.5. The van der Waals surface area contributed by atoms with Crippen LogP contribution in [-0.4, -0.2) is 31.2 Å². The molecule has 36 heavy (non-hydrogen) atoms. The van der Waals surface area contributed by atoms with Crippen molar-refractivity contribution in [2.45, 2.75) is 13.8 Å². The van der Waals surface area contributed by atoms with Gasteiger partial charge >= 0.3 is 19.5 Å². The Morgan fingerprint density at radius 3 is 1.97 bits per heavy atom. The van der Waals surface area contributed by atoms with E-state index in [1.54, 1.807) is 50.2 Å². The van der Waals surface area contributed by atoms with Crippen molar-refractivity contribution in [2.24, 2.45) is 10.2 Å². The molecular formula is C24H19N7O4Zn. The summed E-state index contributed by atoms with van der Waals surface area (Å²) in [6, 6.07) is 18.7. The first-order valence-corrected chi connectivity index (χ1v) is 10.4. The quantitative estimate of drug-likeness (QED) is 0.165. The van der Waals surface area contributed by atoms with Crippen LogP contribution >= 0.6 is 0 Å². The normalized spacial score (nSPS) is 11.6. The van der Waals surface area contributed by atoms with Crippen molar-refractivity contribution in [3.8, 4) is 22.9 Å². The SMILES string of the molecule is C/C(=N\Nc1nnc(-c2ccc([N+](=O)[O-])cc2)n1/N=C(\C)c1ccccc1[O-])c1ccccc1[O-].[Zn+2]. The van der Waals surface area contributed by atoms with Crippen molar-refractivity contribution in [3.63, 3.8) is 0 Å². The van der Waals surface area contributed by atoms with Crippen molar-refractivity contribution in [1.82, 2.24) is 14.9 Å². The molecule has 1 N–H and O–H groups in total.